The Hall–Kier alpha value is -3.90. The van der Waals surface area contributed by atoms with E-state index in [4.69, 9.17) is 13.7 Å². The van der Waals surface area contributed by atoms with Gasteiger partial charge in [0, 0.05) is 16.2 Å². The maximum atomic E-state index is 7.01. The van der Waals surface area contributed by atoms with Crippen molar-refractivity contribution in [2.45, 2.75) is 38.9 Å². The van der Waals surface area contributed by atoms with Crippen molar-refractivity contribution >= 4 is 63.3 Å². The van der Waals surface area contributed by atoms with Crippen LogP contribution in [0.15, 0.2) is 132 Å². The van der Waals surface area contributed by atoms with Gasteiger partial charge in [0.25, 0.3) is 0 Å². The smallest absolute Gasteiger partial charge is 0.457 e. The van der Waals surface area contributed by atoms with Crippen LogP contribution in [0.1, 0.15) is 27.7 Å². The molecule has 0 aliphatic carbocycles. The SMILES string of the molecule is CC1(C)OB(c2cccc3c2oc2c([Si](c4ccccc4)(c4ccccc4)c4ccccc4)cccc23)OC1(C)C. The minimum absolute atomic E-state index is 0.437. The third-order valence-electron chi connectivity index (χ3n) is 9.09. The number of fused-ring (bicyclic) bond motifs is 3. The first-order valence-electron chi connectivity index (χ1n) is 14.3. The number of rotatable bonds is 5. The summed E-state index contributed by atoms with van der Waals surface area (Å²) in [7, 11) is -3.29. The predicted molar refractivity (Wildman–Crippen MR) is 173 cm³/mol. The Labute approximate surface area is 242 Å². The second-order valence-corrected chi connectivity index (χ2v) is 15.7. The molecule has 7 rings (SSSR count). The minimum atomic E-state index is -2.78. The Morgan fingerprint density at radius 2 is 0.927 bits per heavy atom. The molecule has 41 heavy (non-hydrogen) atoms. The molecule has 1 fully saturated rings. The fourth-order valence-electron chi connectivity index (χ4n) is 6.32. The molecule has 0 unspecified atom stereocenters. The number of hydrogen-bond donors (Lipinski definition) is 0. The first-order chi connectivity index (χ1) is 19.8. The molecule has 1 aliphatic heterocycles. The molecule has 0 amide bonds. The van der Waals surface area contributed by atoms with E-state index in [9.17, 15) is 0 Å². The molecular formula is C36H33BO3Si. The summed E-state index contributed by atoms with van der Waals surface area (Å²) in [5.41, 5.74) is 1.80. The molecule has 3 nitrogen and oxygen atoms in total. The molecule has 0 N–H and O–H groups in total. The monoisotopic (exact) mass is 552 g/mol. The summed E-state index contributed by atoms with van der Waals surface area (Å²) in [4.78, 5) is 0. The van der Waals surface area contributed by atoms with Gasteiger partial charge in [-0.05, 0) is 48.4 Å². The van der Waals surface area contributed by atoms with Crippen molar-refractivity contribution < 1.29 is 13.7 Å². The van der Waals surface area contributed by atoms with Gasteiger partial charge in [0.2, 0.25) is 0 Å². The van der Waals surface area contributed by atoms with Gasteiger partial charge in [-0.25, -0.2) is 0 Å². The normalized spacial score (nSPS) is 16.4. The first kappa shape index (κ1) is 26.0. The molecule has 5 heteroatoms. The third-order valence-corrected chi connectivity index (χ3v) is 13.9. The Morgan fingerprint density at radius 3 is 1.41 bits per heavy atom. The minimum Gasteiger partial charge on any atom is -0.457 e. The van der Waals surface area contributed by atoms with Gasteiger partial charge in [0.15, 0.2) is 8.07 Å². The summed E-state index contributed by atoms with van der Waals surface area (Å²) in [5, 5.41) is 7.36. The van der Waals surface area contributed by atoms with Gasteiger partial charge in [0.05, 0.1) is 11.2 Å². The van der Waals surface area contributed by atoms with Crippen LogP contribution in [0.5, 0.6) is 0 Å². The quantitative estimate of drug-likeness (QED) is 0.216. The first-order valence-corrected chi connectivity index (χ1v) is 16.3. The van der Waals surface area contributed by atoms with Crippen LogP contribution in [0.2, 0.25) is 0 Å². The molecule has 5 aromatic carbocycles. The van der Waals surface area contributed by atoms with Crippen molar-refractivity contribution in [3.8, 4) is 0 Å². The molecule has 0 spiro atoms. The number of para-hydroxylation sites is 2. The van der Waals surface area contributed by atoms with E-state index in [0.29, 0.717) is 0 Å². The molecule has 1 aliphatic rings. The Bertz CT molecular complexity index is 1730. The summed E-state index contributed by atoms with van der Waals surface area (Å²) >= 11 is 0. The second kappa shape index (κ2) is 9.59. The fraction of sp³-hybridized carbons (Fsp3) is 0.167. The van der Waals surface area contributed by atoms with E-state index in [1.165, 1.54) is 20.7 Å². The van der Waals surface area contributed by atoms with Crippen molar-refractivity contribution in [2.75, 3.05) is 0 Å². The topological polar surface area (TPSA) is 31.6 Å². The van der Waals surface area contributed by atoms with Crippen molar-refractivity contribution in [2.24, 2.45) is 0 Å². The van der Waals surface area contributed by atoms with Crippen LogP contribution >= 0.6 is 0 Å². The summed E-state index contributed by atoms with van der Waals surface area (Å²) < 4.78 is 20.0. The van der Waals surface area contributed by atoms with Crippen molar-refractivity contribution in [1.82, 2.24) is 0 Å². The highest BCUT2D eigenvalue weighted by Crippen LogP contribution is 2.38. The van der Waals surface area contributed by atoms with E-state index >= 15 is 0 Å². The van der Waals surface area contributed by atoms with E-state index in [1.54, 1.807) is 0 Å². The van der Waals surface area contributed by atoms with Crippen LogP contribution in [0.3, 0.4) is 0 Å². The number of hydrogen-bond acceptors (Lipinski definition) is 3. The lowest BCUT2D eigenvalue weighted by molar-refractivity contribution is 0.00578. The molecule has 1 aromatic heterocycles. The van der Waals surface area contributed by atoms with Gasteiger partial charge >= 0.3 is 7.12 Å². The standard InChI is InChI=1S/C36H33BO3Si/c1-35(2)36(3,4)40-37(39-35)31-24-14-22-29-30-23-15-25-32(34(30)38-33(29)31)41(26-16-8-5-9-17-26,27-18-10-6-11-19-27)28-20-12-7-13-21-28/h5-25H,1-4H3. The molecule has 0 radical (unpaired) electrons. The van der Waals surface area contributed by atoms with E-state index in [1.807, 2.05) is 0 Å². The van der Waals surface area contributed by atoms with Gasteiger partial charge in [-0.1, -0.05) is 127 Å². The van der Waals surface area contributed by atoms with Gasteiger partial charge in [-0.3, -0.25) is 0 Å². The zero-order valence-electron chi connectivity index (χ0n) is 23.9. The van der Waals surface area contributed by atoms with Gasteiger partial charge in [-0.15, -0.1) is 0 Å². The van der Waals surface area contributed by atoms with Gasteiger partial charge in [-0.2, -0.15) is 0 Å². The summed E-state index contributed by atoms with van der Waals surface area (Å²) in [6.45, 7) is 8.35. The summed E-state index contributed by atoms with van der Waals surface area (Å²) in [5.74, 6) is 0. The third kappa shape index (κ3) is 3.95. The molecule has 1 saturated heterocycles. The van der Waals surface area contributed by atoms with E-state index < -0.39 is 26.4 Å². The lowest BCUT2D eigenvalue weighted by Gasteiger charge is -2.34. The fourth-order valence-corrected chi connectivity index (χ4v) is 11.2. The highest BCUT2D eigenvalue weighted by Gasteiger charge is 2.52. The second-order valence-electron chi connectivity index (χ2n) is 11.9. The average molecular weight is 553 g/mol. The maximum absolute atomic E-state index is 7.01. The van der Waals surface area contributed by atoms with Crippen LogP contribution in [-0.2, 0) is 9.31 Å². The maximum Gasteiger partial charge on any atom is 0.498 e. The van der Waals surface area contributed by atoms with Gasteiger partial charge < -0.3 is 13.7 Å². The molecule has 202 valence electrons. The van der Waals surface area contributed by atoms with Crippen LogP contribution in [0, 0.1) is 0 Å². The van der Waals surface area contributed by atoms with Crippen LogP contribution in [-0.4, -0.2) is 26.4 Å². The van der Waals surface area contributed by atoms with Crippen molar-refractivity contribution in [1.29, 1.82) is 0 Å². The molecule has 6 aromatic rings. The van der Waals surface area contributed by atoms with Crippen LogP contribution in [0.25, 0.3) is 21.9 Å². The van der Waals surface area contributed by atoms with E-state index in [0.717, 1.165) is 27.4 Å². The van der Waals surface area contributed by atoms with Crippen molar-refractivity contribution in [3.05, 3.63) is 127 Å². The van der Waals surface area contributed by atoms with E-state index in [-0.39, 0.29) is 0 Å². The molecule has 0 bridgehead atoms. The van der Waals surface area contributed by atoms with Crippen molar-refractivity contribution in [3.63, 3.8) is 0 Å². The Morgan fingerprint density at radius 1 is 0.488 bits per heavy atom. The number of benzene rings is 5. The average Bonchev–Trinajstić information content (AvgIpc) is 3.48. The van der Waals surface area contributed by atoms with Gasteiger partial charge in [0.1, 0.15) is 11.2 Å². The molecule has 0 saturated carbocycles. The summed E-state index contributed by atoms with van der Waals surface area (Å²) in [6, 6.07) is 45.8. The lowest BCUT2D eigenvalue weighted by Crippen LogP contribution is -2.74. The highest BCUT2D eigenvalue weighted by molar-refractivity contribution is 7.20. The summed E-state index contributed by atoms with van der Waals surface area (Å²) in [6.07, 6.45) is 0. The van der Waals surface area contributed by atoms with Crippen LogP contribution < -0.4 is 26.2 Å². The van der Waals surface area contributed by atoms with E-state index in [2.05, 4.69) is 155 Å². The van der Waals surface area contributed by atoms with Crippen LogP contribution in [0.4, 0.5) is 0 Å². The molecule has 2 heterocycles. The highest BCUT2D eigenvalue weighted by atomic mass is 28.3. The predicted octanol–water partition coefficient (Wildman–Crippen LogP) is 5.26. The zero-order chi connectivity index (χ0) is 28.2. The largest absolute Gasteiger partial charge is 0.498 e. The molecular weight excluding hydrogens is 519 g/mol. The number of furan rings is 1. The lowest BCUT2D eigenvalue weighted by atomic mass is 9.78. The zero-order valence-corrected chi connectivity index (χ0v) is 24.9. The Balaban J connectivity index is 1.56. The Kier molecular flexibility index (Phi) is 6.09. The molecule has 0 atom stereocenters.